The topological polar surface area (TPSA) is 88.4 Å². The third kappa shape index (κ3) is 4.79. The Hall–Kier alpha value is -5.11. The minimum absolute atomic E-state index is 0.0770. The van der Waals surface area contributed by atoms with Gasteiger partial charge in [-0.1, -0.05) is 67.2 Å². The molecule has 7 nitrogen and oxygen atoms in total. The summed E-state index contributed by atoms with van der Waals surface area (Å²) in [7, 11) is 0. The van der Waals surface area contributed by atoms with Gasteiger partial charge in [0.05, 0.1) is 0 Å². The zero-order valence-electron chi connectivity index (χ0n) is 20.6. The van der Waals surface area contributed by atoms with Gasteiger partial charge in [0.1, 0.15) is 23.1 Å². The molecule has 0 saturated heterocycles. The van der Waals surface area contributed by atoms with Crippen LogP contribution in [0.4, 0.5) is 10.1 Å². The molecule has 0 fully saturated rings. The molecular formula is C30H24FN5O2. The van der Waals surface area contributed by atoms with E-state index < -0.39 is 23.7 Å². The first kappa shape index (κ1) is 24.6. The number of carbonyl (C=O) groups is 2. The number of nitrogens with one attached hydrogen (secondary N) is 2. The van der Waals surface area contributed by atoms with Crippen molar-refractivity contribution in [1.82, 2.24) is 19.9 Å². The summed E-state index contributed by atoms with van der Waals surface area (Å²) in [5.41, 5.74) is 3.64. The first-order valence-electron chi connectivity index (χ1n) is 12.0. The highest BCUT2D eigenvalue weighted by Gasteiger charge is 2.26. The van der Waals surface area contributed by atoms with Crippen LogP contribution in [0.5, 0.6) is 0 Å². The number of hydrogen-bond acceptors (Lipinski definition) is 4. The molecule has 0 aliphatic heterocycles. The molecule has 2 N–H and O–H groups in total. The van der Waals surface area contributed by atoms with Crippen LogP contribution in [0, 0.1) is 5.82 Å². The van der Waals surface area contributed by atoms with Crippen molar-refractivity contribution in [2.75, 3.05) is 5.32 Å². The van der Waals surface area contributed by atoms with E-state index in [9.17, 15) is 14.0 Å². The number of halogens is 1. The van der Waals surface area contributed by atoms with E-state index in [1.165, 1.54) is 16.8 Å². The van der Waals surface area contributed by atoms with Crippen molar-refractivity contribution in [2.24, 2.45) is 0 Å². The number of aromatic nitrogens is 3. The van der Waals surface area contributed by atoms with Crippen LogP contribution in [0.1, 0.15) is 28.4 Å². The number of hydrogen-bond donors (Lipinski definition) is 2. The van der Waals surface area contributed by atoms with E-state index in [2.05, 4.69) is 27.3 Å². The minimum atomic E-state index is -0.923. The van der Waals surface area contributed by atoms with Crippen molar-refractivity contribution in [3.8, 4) is 11.3 Å². The van der Waals surface area contributed by atoms with Gasteiger partial charge in [0.15, 0.2) is 5.65 Å². The predicted molar refractivity (Wildman–Crippen MR) is 145 cm³/mol. The number of rotatable bonds is 7. The van der Waals surface area contributed by atoms with Gasteiger partial charge in [-0.15, -0.1) is 0 Å². The molecule has 8 heteroatoms. The van der Waals surface area contributed by atoms with Crippen LogP contribution in [0.15, 0.2) is 104 Å². The lowest BCUT2D eigenvalue weighted by atomic mass is 9.98. The second kappa shape index (κ2) is 10.5. The van der Waals surface area contributed by atoms with E-state index in [0.29, 0.717) is 5.69 Å². The summed E-state index contributed by atoms with van der Waals surface area (Å²) < 4.78 is 16.0. The van der Waals surface area contributed by atoms with Crippen LogP contribution >= 0.6 is 0 Å². The average molecular weight is 506 g/mol. The molecule has 0 bridgehead atoms. The van der Waals surface area contributed by atoms with Crippen LogP contribution in [-0.2, 0) is 4.79 Å². The third-order valence-electron chi connectivity index (χ3n) is 6.12. The summed E-state index contributed by atoms with van der Waals surface area (Å²) in [6.45, 7) is 5.77. The normalized spacial score (nSPS) is 11.6. The van der Waals surface area contributed by atoms with E-state index >= 15 is 0 Å². The SMILES string of the molecule is C=C(c1ccccc1)c1ccccc1NC(=O)[C@H](C)NC(=O)c1c(-c2ccccc2F)nn2cccnc12. The predicted octanol–water partition coefficient (Wildman–Crippen LogP) is 5.35. The van der Waals surface area contributed by atoms with Crippen LogP contribution in [0.25, 0.3) is 22.5 Å². The monoisotopic (exact) mass is 505 g/mol. The molecule has 5 rings (SSSR count). The Morgan fingerprint density at radius 3 is 2.45 bits per heavy atom. The molecule has 2 heterocycles. The molecular weight excluding hydrogens is 481 g/mol. The van der Waals surface area contributed by atoms with Gasteiger partial charge in [0, 0.05) is 29.2 Å². The largest absolute Gasteiger partial charge is 0.340 e. The number of para-hydroxylation sites is 1. The van der Waals surface area contributed by atoms with Crippen molar-refractivity contribution in [3.63, 3.8) is 0 Å². The molecule has 2 amide bonds. The van der Waals surface area contributed by atoms with Crippen molar-refractivity contribution >= 4 is 28.7 Å². The Morgan fingerprint density at radius 1 is 0.947 bits per heavy atom. The van der Waals surface area contributed by atoms with Gasteiger partial charge in [-0.3, -0.25) is 9.59 Å². The summed E-state index contributed by atoms with van der Waals surface area (Å²) >= 11 is 0. The Balaban J connectivity index is 1.40. The highest BCUT2D eigenvalue weighted by molar-refractivity contribution is 6.08. The molecule has 2 aromatic heterocycles. The van der Waals surface area contributed by atoms with Gasteiger partial charge in [0.25, 0.3) is 5.91 Å². The number of fused-ring (bicyclic) bond motifs is 1. The Morgan fingerprint density at radius 2 is 1.66 bits per heavy atom. The summed E-state index contributed by atoms with van der Waals surface area (Å²) in [5.74, 6) is -1.55. The van der Waals surface area contributed by atoms with Crippen molar-refractivity contribution in [1.29, 1.82) is 0 Å². The van der Waals surface area contributed by atoms with Gasteiger partial charge in [-0.05, 0) is 42.3 Å². The standard InChI is InChI=1S/C30H24FN5O2/c1-19(21-11-4-3-5-12-21)22-13-7-9-16-25(22)34-29(37)20(2)33-30(38)26-27(23-14-6-8-15-24(23)31)35-36-18-10-17-32-28(26)36/h3-18,20H,1H2,2H3,(H,33,38)(H,34,37)/t20-/m0/s1. The Labute approximate surface area is 218 Å². The highest BCUT2D eigenvalue weighted by Crippen LogP contribution is 2.29. The number of carbonyl (C=O) groups excluding carboxylic acids is 2. The molecule has 0 saturated carbocycles. The summed E-state index contributed by atoms with van der Waals surface area (Å²) in [6, 6.07) is 23.8. The molecule has 188 valence electrons. The lowest BCUT2D eigenvalue weighted by Gasteiger charge is -2.17. The fourth-order valence-corrected chi connectivity index (χ4v) is 4.16. The smallest absolute Gasteiger partial charge is 0.258 e. The maximum absolute atomic E-state index is 14.6. The molecule has 0 aliphatic carbocycles. The zero-order chi connectivity index (χ0) is 26.6. The lowest BCUT2D eigenvalue weighted by Crippen LogP contribution is -2.41. The first-order valence-corrected chi connectivity index (χ1v) is 12.0. The van der Waals surface area contributed by atoms with Crippen LogP contribution < -0.4 is 10.6 Å². The van der Waals surface area contributed by atoms with Gasteiger partial charge in [-0.25, -0.2) is 13.9 Å². The summed E-state index contributed by atoms with van der Waals surface area (Å²) in [6.07, 6.45) is 3.14. The molecule has 0 radical (unpaired) electrons. The molecule has 5 aromatic rings. The fourth-order valence-electron chi connectivity index (χ4n) is 4.16. The van der Waals surface area contributed by atoms with Crippen molar-refractivity contribution < 1.29 is 14.0 Å². The number of anilines is 1. The van der Waals surface area contributed by atoms with E-state index in [1.807, 2.05) is 48.5 Å². The number of amides is 2. The third-order valence-corrected chi connectivity index (χ3v) is 6.12. The maximum atomic E-state index is 14.6. The second-order valence-electron chi connectivity index (χ2n) is 8.67. The molecule has 0 unspecified atom stereocenters. The number of nitrogens with zero attached hydrogens (tertiary/aromatic N) is 3. The number of benzene rings is 3. The second-order valence-corrected chi connectivity index (χ2v) is 8.67. The Kier molecular flexibility index (Phi) is 6.78. The quantitative estimate of drug-likeness (QED) is 0.312. The van der Waals surface area contributed by atoms with E-state index in [4.69, 9.17) is 0 Å². The van der Waals surface area contributed by atoms with Gasteiger partial charge < -0.3 is 10.6 Å². The Bertz CT molecular complexity index is 1660. The van der Waals surface area contributed by atoms with Gasteiger partial charge in [-0.2, -0.15) is 5.10 Å². The van der Waals surface area contributed by atoms with Gasteiger partial charge >= 0.3 is 0 Å². The van der Waals surface area contributed by atoms with E-state index in [0.717, 1.165) is 16.7 Å². The molecule has 3 aromatic carbocycles. The maximum Gasteiger partial charge on any atom is 0.258 e. The molecule has 0 aliphatic rings. The van der Waals surface area contributed by atoms with Gasteiger partial charge in [0.2, 0.25) is 5.91 Å². The molecule has 38 heavy (non-hydrogen) atoms. The highest BCUT2D eigenvalue weighted by atomic mass is 19.1. The summed E-state index contributed by atoms with van der Waals surface area (Å²) in [4.78, 5) is 30.8. The zero-order valence-corrected chi connectivity index (χ0v) is 20.6. The van der Waals surface area contributed by atoms with E-state index in [-0.39, 0.29) is 22.5 Å². The first-order chi connectivity index (χ1) is 18.4. The minimum Gasteiger partial charge on any atom is -0.340 e. The van der Waals surface area contributed by atoms with Crippen molar-refractivity contribution in [3.05, 3.63) is 126 Å². The lowest BCUT2D eigenvalue weighted by molar-refractivity contribution is -0.117. The average Bonchev–Trinajstić information content (AvgIpc) is 3.33. The molecule has 1 atom stereocenters. The van der Waals surface area contributed by atoms with Crippen molar-refractivity contribution in [2.45, 2.75) is 13.0 Å². The van der Waals surface area contributed by atoms with Crippen LogP contribution in [0.2, 0.25) is 0 Å². The molecule has 0 spiro atoms. The fraction of sp³-hybridized carbons (Fsp3) is 0.0667. The van der Waals surface area contributed by atoms with Crippen LogP contribution in [0.3, 0.4) is 0 Å². The van der Waals surface area contributed by atoms with Crippen LogP contribution in [-0.4, -0.2) is 32.5 Å². The van der Waals surface area contributed by atoms with E-state index in [1.54, 1.807) is 43.5 Å². The summed E-state index contributed by atoms with van der Waals surface area (Å²) in [5, 5.41) is 10.00.